The molecule has 2 aromatic carbocycles. The van der Waals surface area contributed by atoms with Gasteiger partial charge in [0, 0.05) is 0 Å². The van der Waals surface area contributed by atoms with Gasteiger partial charge >= 0.3 is 252 Å². The first kappa shape index (κ1) is 37.7. The molecule has 4 rings (SSSR count). The number of fused-ring (bicyclic) bond motifs is 2. The van der Waals surface area contributed by atoms with Crippen LogP contribution in [0.1, 0.15) is 10.4 Å². The van der Waals surface area contributed by atoms with Gasteiger partial charge in [0.05, 0.1) is 13.2 Å². The zero-order chi connectivity index (χ0) is 25.7. The maximum atomic E-state index is 12.4. The first-order chi connectivity index (χ1) is 16.7. The van der Waals surface area contributed by atoms with Gasteiger partial charge in [0.2, 0.25) is 0 Å². The van der Waals surface area contributed by atoms with Crippen molar-refractivity contribution in [2.75, 3.05) is 13.2 Å². The molecule has 2 N–H and O–H groups in total. The molecule has 2 aliphatic rings. The number of hydrogen-bond acceptors (Lipinski definition) is 6. The molecule has 38 heavy (non-hydrogen) atoms. The van der Waals surface area contributed by atoms with Crippen LogP contribution in [-0.2, 0) is 30.9 Å². The van der Waals surface area contributed by atoms with Crippen molar-refractivity contribution >= 4 is 51.9 Å². The third-order valence-corrected chi connectivity index (χ3v) is 8.66. The molecule has 0 amide bonds. The van der Waals surface area contributed by atoms with Gasteiger partial charge in [0.25, 0.3) is 0 Å². The summed E-state index contributed by atoms with van der Waals surface area (Å²) in [6, 6.07) is 11.1. The van der Waals surface area contributed by atoms with Gasteiger partial charge in [-0.15, -0.1) is 13.2 Å². The summed E-state index contributed by atoms with van der Waals surface area (Å²) in [4.78, 5) is 23.9. The van der Waals surface area contributed by atoms with Gasteiger partial charge < -0.3 is 10.2 Å². The molecule has 1 aliphatic carbocycles. The van der Waals surface area contributed by atoms with E-state index in [1.54, 1.807) is 42.5 Å². The third-order valence-electron chi connectivity index (χ3n) is 4.95. The smallest absolute Gasteiger partial charge is 1.00 e. The van der Waals surface area contributed by atoms with Gasteiger partial charge in [-0.1, -0.05) is 12.2 Å². The second-order valence-electron chi connectivity index (χ2n) is 7.25. The molecule has 1 heterocycles. The van der Waals surface area contributed by atoms with E-state index in [1.165, 1.54) is 12.1 Å². The first-order valence-corrected chi connectivity index (χ1v) is 14.6. The van der Waals surface area contributed by atoms with Crippen molar-refractivity contribution in [1.82, 2.24) is 0 Å². The fourth-order valence-electron chi connectivity index (χ4n) is 3.44. The third kappa shape index (κ3) is 8.60. The summed E-state index contributed by atoms with van der Waals surface area (Å²) in [5, 5.41) is 24.8. The van der Waals surface area contributed by atoms with Crippen molar-refractivity contribution in [3.8, 4) is 28.2 Å². The van der Waals surface area contributed by atoms with Crippen molar-refractivity contribution in [3.05, 3.63) is 92.5 Å². The van der Waals surface area contributed by atoms with E-state index in [1.807, 2.05) is 0 Å². The molecule has 0 atom stereocenters. The molecule has 0 aromatic heterocycles. The number of carbonyl (C=O) groups is 1. The summed E-state index contributed by atoms with van der Waals surface area (Å²) in [6.45, 7) is 8.18. The van der Waals surface area contributed by atoms with Gasteiger partial charge in [-0.3, -0.25) is 0 Å². The quantitative estimate of drug-likeness (QED) is 0.0896. The molecule has 183 valence electrons. The summed E-state index contributed by atoms with van der Waals surface area (Å²) in [5.41, 5.74) is 1.69. The SMILES string of the molecule is C=CCOCC=C.O.O=C([O-])c1ccccc1-c1c2cc(Br)c(=O)cc-2oc2[c]([Hg])c([O-])c(Br)cc12.[Na+].[Na+]. The van der Waals surface area contributed by atoms with Crippen molar-refractivity contribution in [3.63, 3.8) is 0 Å². The van der Waals surface area contributed by atoms with Crippen LogP contribution in [0.5, 0.6) is 5.75 Å². The van der Waals surface area contributed by atoms with Crippen molar-refractivity contribution < 1.29 is 115 Å². The number of benzene rings is 3. The van der Waals surface area contributed by atoms with Crippen LogP contribution in [0.2, 0.25) is 0 Å². The molecule has 0 spiro atoms. The van der Waals surface area contributed by atoms with Crippen LogP contribution in [0.25, 0.3) is 33.4 Å². The number of carbonyl (C=O) groups excluding carboxylic acids is 1. The van der Waals surface area contributed by atoms with E-state index in [4.69, 9.17) is 9.15 Å². The normalized spacial score (nSPS) is 9.79. The van der Waals surface area contributed by atoms with Crippen LogP contribution in [0, 0.1) is 0 Å². The summed E-state index contributed by atoms with van der Waals surface area (Å²) < 4.78 is 12.1. The van der Waals surface area contributed by atoms with Crippen molar-refractivity contribution in [2.45, 2.75) is 0 Å². The Balaban J connectivity index is 0.00000122. The maximum absolute atomic E-state index is 12.4. The Morgan fingerprint density at radius 1 is 1.03 bits per heavy atom. The van der Waals surface area contributed by atoms with Gasteiger partial charge in [0.15, 0.2) is 0 Å². The fourth-order valence-corrected chi connectivity index (χ4v) is 7.02. The van der Waals surface area contributed by atoms with Crippen LogP contribution in [-0.4, -0.2) is 24.7 Å². The average molecular weight is 850 g/mol. The minimum absolute atomic E-state index is 0. The van der Waals surface area contributed by atoms with E-state index < -0.39 is 5.97 Å². The zero-order valence-electron chi connectivity index (χ0n) is 20.9. The number of hydrogen-bond donors (Lipinski definition) is 0. The average Bonchev–Trinajstić information content (AvgIpc) is 2.83. The Hall–Kier alpha value is -0.305. The molecule has 0 saturated carbocycles. The Morgan fingerprint density at radius 2 is 1.63 bits per heavy atom. The summed E-state index contributed by atoms with van der Waals surface area (Å²) >= 11 is 6.47. The van der Waals surface area contributed by atoms with Crippen molar-refractivity contribution in [2.24, 2.45) is 0 Å². The topological polar surface area (TPSA) is 134 Å². The molecule has 0 radical (unpaired) electrons. The van der Waals surface area contributed by atoms with E-state index in [9.17, 15) is 19.8 Å². The maximum Gasteiger partial charge on any atom is 1.00 e. The molecular weight excluding hydrogens is 831 g/mol. The van der Waals surface area contributed by atoms with E-state index in [2.05, 4.69) is 45.0 Å². The predicted octanol–water partition coefficient (Wildman–Crippen LogP) is -2.74. The molecular formula is C26H19Br2HgNa2O7. The molecule has 0 unspecified atom stereocenters. The second kappa shape index (κ2) is 17.5. The second-order valence-corrected chi connectivity index (χ2v) is 11.7. The Morgan fingerprint density at radius 3 is 2.21 bits per heavy atom. The number of carboxylic acid groups (broad SMARTS) is 1. The largest absolute Gasteiger partial charge is 1.00 e. The molecule has 0 fully saturated rings. The predicted molar refractivity (Wildman–Crippen MR) is 138 cm³/mol. The van der Waals surface area contributed by atoms with E-state index in [0.29, 0.717) is 52.9 Å². The van der Waals surface area contributed by atoms with Crippen LogP contribution in [0.15, 0.2) is 85.9 Å². The zero-order valence-corrected chi connectivity index (χ0v) is 33.6. The van der Waals surface area contributed by atoms with E-state index >= 15 is 0 Å². The number of carboxylic acids is 1. The molecule has 7 nitrogen and oxygen atoms in total. The van der Waals surface area contributed by atoms with Gasteiger partial charge in [-0.05, 0) is 0 Å². The van der Waals surface area contributed by atoms with Crippen LogP contribution in [0.4, 0.5) is 0 Å². The Kier molecular flexibility index (Phi) is 17.4. The van der Waals surface area contributed by atoms with Crippen molar-refractivity contribution in [1.29, 1.82) is 0 Å². The fraction of sp³-hybridized carbons (Fsp3) is 0.0769. The molecule has 0 saturated heterocycles. The summed E-state index contributed by atoms with van der Waals surface area (Å²) in [7, 11) is 0. The van der Waals surface area contributed by atoms with Crippen LogP contribution >= 0.6 is 31.9 Å². The number of aromatic carboxylic acids is 1. The molecule has 1 aliphatic heterocycles. The van der Waals surface area contributed by atoms with Crippen LogP contribution < -0.4 is 77.8 Å². The van der Waals surface area contributed by atoms with Gasteiger partial charge in [0.1, 0.15) is 0 Å². The Bertz CT molecular complexity index is 1470. The van der Waals surface area contributed by atoms with E-state index in [-0.39, 0.29) is 113 Å². The number of halogens is 2. The van der Waals surface area contributed by atoms with Gasteiger partial charge in [-0.2, -0.15) is 0 Å². The molecule has 12 heteroatoms. The monoisotopic (exact) mass is 849 g/mol. The minimum Gasteiger partial charge on any atom is 1.00 e. The molecule has 0 bridgehead atoms. The number of ether oxygens (including phenoxy) is 1. The molecule has 2 aromatic rings. The number of rotatable bonds is 6. The van der Waals surface area contributed by atoms with Crippen LogP contribution in [0.3, 0.4) is 0 Å². The van der Waals surface area contributed by atoms with Gasteiger partial charge in [-0.25, -0.2) is 0 Å². The Labute approximate surface area is 296 Å². The summed E-state index contributed by atoms with van der Waals surface area (Å²) in [5.74, 6) is -1.18. The minimum atomic E-state index is -1.31. The standard InChI is InChI=1S/C20H9Br2O5.C6H10O.Hg.2Na.H2O/c21-13-5-11-17(7-15(13)23)27-18-8-16(24)14(22)6-12(18)19(11)9-3-1-2-4-10(9)20(25)26;1-3-5-7-6-4-2;;;;/h1-7,24H,(H,25,26);3-4H,1-2,5-6H2;;;;1H2/q;;;2*+1;/p-2. The first-order valence-electron chi connectivity index (χ1n) is 10.2. The summed E-state index contributed by atoms with van der Waals surface area (Å²) in [6.07, 6.45) is 3.42. The van der Waals surface area contributed by atoms with E-state index in [0.717, 1.165) is 0 Å².